The number of carbonyl (C=O) groups is 1. The van der Waals surface area contributed by atoms with Gasteiger partial charge in [-0.05, 0) is 14.0 Å². The van der Waals surface area contributed by atoms with Crippen LogP contribution in [0.1, 0.15) is 41.0 Å². The average Bonchev–Trinajstić information content (AvgIpc) is 2.59. The molecule has 1 amide bonds. The molecule has 0 aromatic carbocycles. The normalized spacial score (nSPS) is 18.9. The maximum atomic E-state index is 12.2. The molecule has 11 heteroatoms. The molecule has 0 bridgehead atoms. The fraction of sp³-hybridized carbons (Fsp3) is 0.941. The first-order valence-electron chi connectivity index (χ1n) is 9.37. The Bertz CT molecular complexity index is 508. The summed E-state index contributed by atoms with van der Waals surface area (Å²) in [7, 11) is -2.81. The molecular weight excluding hydrogens is 502 g/mol. The van der Waals surface area contributed by atoms with Crippen molar-refractivity contribution in [2.24, 2.45) is 5.41 Å². The molecule has 0 rings (SSSR count). The molecule has 0 spiro atoms. The van der Waals surface area contributed by atoms with Crippen LogP contribution < -0.4 is 31.8 Å². The van der Waals surface area contributed by atoms with Crippen molar-refractivity contribution in [3.63, 3.8) is 0 Å². The Morgan fingerprint density at radius 1 is 1.25 bits per heavy atom. The Labute approximate surface area is 178 Å². The molecule has 170 valence electrons. The first-order valence-corrected chi connectivity index (χ1v) is 13.6. The Kier molecular flexibility index (Phi) is 13.6. The van der Waals surface area contributed by atoms with Gasteiger partial charge in [0.1, 0.15) is 0 Å². The number of hydrogen-bond acceptors (Lipinski definition) is 7. The summed E-state index contributed by atoms with van der Waals surface area (Å²) >= 11 is 0.133. The van der Waals surface area contributed by atoms with Gasteiger partial charge in [0.2, 0.25) is 0 Å². The van der Waals surface area contributed by atoms with E-state index in [1.54, 1.807) is 20.9 Å². The summed E-state index contributed by atoms with van der Waals surface area (Å²) in [6.07, 6.45) is -1.31. The van der Waals surface area contributed by atoms with E-state index < -0.39 is 37.4 Å². The van der Waals surface area contributed by atoms with Crippen molar-refractivity contribution < 1.29 is 54.7 Å². The minimum atomic E-state index is -4.40. The fourth-order valence-electron chi connectivity index (χ4n) is 2.19. The van der Waals surface area contributed by atoms with Crippen molar-refractivity contribution in [3.05, 3.63) is 0 Å². The zero-order valence-electron chi connectivity index (χ0n) is 17.6. The standard InChI is InChI=1S/C17H37IN2O7P/c1-7-18-12(2)8-9-20-16(23)15(22)17(4,5)11-27-28(24,25)26-10-14(19-6)13(3)21/h12-15,19,21-22H,7-11H2,1-6H3,(H,20,23)(H,24,25)/q-1. The number of phosphoric ester groups is 1. The number of carbonyl (C=O) groups excluding carboxylic acids is 1. The van der Waals surface area contributed by atoms with E-state index >= 15 is 0 Å². The molecule has 5 N–H and O–H groups in total. The molecule has 0 heterocycles. The number of aliphatic hydroxyl groups is 2. The first-order chi connectivity index (χ1) is 12.9. The zero-order valence-corrected chi connectivity index (χ0v) is 20.7. The van der Waals surface area contributed by atoms with Crippen LogP contribution in [0.2, 0.25) is 0 Å². The van der Waals surface area contributed by atoms with Gasteiger partial charge in [-0.25, -0.2) is 0 Å². The number of amides is 1. The minimum Gasteiger partial charge on any atom is -0.392 e. The van der Waals surface area contributed by atoms with Crippen LogP contribution in [0.15, 0.2) is 0 Å². The van der Waals surface area contributed by atoms with Crippen LogP contribution in [-0.2, 0) is 18.4 Å². The Morgan fingerprint density at radius 3 is 2.36 bits per heavy atom. The van der Waals surface area contributed by atoms with Gasteiger partial charge in [-0.2, -0.15) is 0 Å². The summed E-state index contributed by atoms with van der Waals surface area (Å²) in [5.74, 6) is -0.534. The molecular formula is C17H37IN2O7P-. The molecule has 0 radical (unpaired) electrons. The second-order valence-corrected chi connectivity index (χ2v) is 13.3. The molecule has 5 atom stereocenters. The second kappa shape index (κ2) is 13.5. The van der Waals surface area contributed by atoms with Crippen molar-refractivity contribution in [2.75, 3.05) is 31.2 Å². The van der Waals surface area contributed by atoms with Crippen LogP contribution in [0, 0.1) is 5.41 Å². The van der Waals surface area contributed by atoms with Crippen LogP contribution in [0.4, 0.5) is 0 Å². The summed E-state index contributed by atoms with van der Waals surface area (Å²) < 4.78 is 23.7. The van der Waals surface area contributed by atoms with Crippen molar-refractivity contribution in [3.8, 4) is 0 Å². The van der Waals surface area contributed by atoms with Crippen LogP contribution >= 0.6 is 7.82 Å². The van der Waals surface area contributed by atoms with Crippen molar-refractivity contribution >= 4 is 13.7 Å². The van der Waals surface area contributed by atoms with Gasteiger partial charge in [0, 0.05) is 0 Å². The number of alkyl halides is 2. The van der Waals surface area contributed by atoms with Crippen molar-refractivity contribution in [1.82, 2.24) is 10.6 Å². The molecule has 28 heavy (non-hydrogen) atoms. The molecule has 0 aromatic heterocycles. The van der Waals surface area contributed by atoms with Crippen LogP contribution in [0.25, 0.3) is 0 Å². The maximum absolute atomic E-state index is 12.2. The van der Waals surface area contributed by atoms with E-state index in [1.807, 2.05) is 0 Å². The zero-order chi connectivity index (χ0) is 22.0. The number of hydrogen-bond donors (Lipinski definition) is 5. The summed E-state index contributed by atoms with van der Waals surface area (Å²) in [5, 5.41) is 25.3. The third kappa shape index (κ3) is 11.4. The molecule has 0 saturated carbocycles. The number of halogens is 1. The van der Waals surface area contributed by atoms with E-state index in [0.29, 0.717) is 10.5 Å². The first kappa shape index (κ1) is 28.2. The summed E-state index contributed by atoms with van der Waals surface area (Å²) in [6, 6.07) is -0.536. The van der Waals surface area contributed by atoms with Crippen LogP contribution in [0.3, 0.4) is 0 Å². The average molecular weight is 539 g/mol. The van der Waals surface area contributed by atoms with E-state index in [9.17, 15) is 24.5 Å². The predicted octanol–water partition coefficient (Wildman–Crippen LogP) is -2.52. The molecule has 0 saturated heterocycles. The monoisotopic (exact) mass is 539 g/mol. The van der Waals surface area contributed by atoms with Crippen LogP contribution in [0.5, 0.6) is 0 Å². The Morgan fingerprint density at radius 2 is 1.86 bits per heavy atom. The molecule has 5 unspecified atom stereocenters. The fourth-order valence-corrected chi connectivity index (χ4v) is 5.36. The third-order valence-corrected chi connectivity index (χ3v) is 8.16. The molecule has 0 aliphatic heterocycles. The van der Waals surface area contributed by atoms with E-state index in [-0.39, 0.29) is 34.4 Å². The molecule has 0 fully saturated rings. The van der Waals surface area contributed by atoms with Gasteiger partial charge < -0.3 is 10.4 Å². The van der Waals surface area contributed by atoms with Gasteiger partial charge in [-0.15, -0.1) is 0 Å². The number of rotatable bonds is 15. The predicted molar refractivity (Wildman–Crippen MR) is 104 cm³/mol. The minimum absolute atomic E-state index is 0.133. The van der Waals surface area contributed by atoms with E-state index in [4.69, 9.17) is 9.05 Å². The van der Waals surface area contributed by atoms with Gasteiger partial charge in [-0.1, -0.05) is 0 Å². The van der Waals surface area contributed by atoms with E-state index in [1.165, 1.54) is 11.4 Å². The topological polar surface area (TPSA) is 137 Å². The summed E-state index contributed by atoms with van der Waals surface area (Å²) in [4.78, 5) is 22.0. The number of aliphatic hydroxyl groups excluding tert-OH is 2. The second-order valence-electron chi connectivity index (χ2n) is 7.35. The van der Waals surface area contributed by atoms with Crippen molar-refractivity contribution in [2.45, 2.75) is 63.2 Å². The number of nitrogens with one attached hydrogen (secondary N) is 2. The number of likely N-dealkylation sites (N-methyl/N-ethyl adjacent to an activating group) is 1. The van der Waals surface area contributed by atoms with E-state index in [2.05, 4.69) is 24.5 Å². The van der Waals surface area contributed by atoms with Gasteiger partial charge in [0.25, 0.3) is 0 Å². The Balaban J connectivity index is 4.51. The molecule has 0 aliphatic rings. The molecule has 0 aliphatic carbocycles. The van der Waals surface area contributed by atoms with Gasteiger partial charge >= 0.3 is 142 Å². The summed E-state index contributed by atoms with van der Waals surface area (Å²) in [5.41, 5.74) is -1.10. The number of phosphoric acid groups is 1. The SMILES string of the molecule is CC[I-]C(C)CCNC(=O)C(O)C(C)(C)COP(=O)(O)OCC(NC)C(C)O. The summed E-state index contributed by atoms with van der Waals surface area (Å²) in [6.45, 7) is 8.86. The van der Waals surface area contributed by atoms with Gasteiger partial charge in [0.05, 0.1) is 12.1 Å². The molecule has 0 aromatic rings. The van der Waals surface area contributed by atoms with Crippen LogP contribution in [-0.4, -0.2) is 74.4 Å². The van der Waals surface area contributed by atoms with Gasteiger partial charge in [-0.3, -0.25) is 0 Å². The smallest absolute Gasteiger partial charge is 0.392 e. The molecule has 9 nitrogen and oxygen atoms in total. The van der Waals surface area contributed by atoms with Crippen molar-refractivity contribution in [1.29, 1.82) is 0 Å². The third-order valence-electron chi connectivity index (χ3n) is 4.22. The Hall–Kier alpha value is 0.190. The van der Waals surface area contributed by atoms with E-state index in [0.717, 1.165) is 6.42 Å². The van der Waals surface area contributed by atoms with Gasteiger partial charge in [0.15, 0.2) is 0 Å². The quantitative estimate of drug-likeness (QED) is 0.0875.